The number of benzene rings is 1. The van der Waals surface area contributed by atoms with Gasteiger partial charge in [0.15, 0.2) is 0 Å². The normalized spacial score (nSPS) is 12.2. The molecule has 0 aliphatic carbocycles. The third-order valence-electron chi connectivity index (χ3n) is 1.97. The summed E-state index contributed by atoms with van der Waals surface area (Å²) in [5.74, 6) is -0.111. The molecule has 17 heavy (non-hydrogen) atoms. The highest BCUT2D eigenvalue weighted by Gasteiger charge is 2.10. The first kappa shape index (κ1) is 14.5. The molecule has 0 bridgehead atoms. The van der Waals surface area contributed by atoms with Gasteiger partial charge in [0.25, 0.3) is 0 Å². The zero-order valence-corrected chi connectivity index (χ0v) is 11.8. The molecule has 0 spiro atoms. The summed E-state index contributed by atoms with van der Waals surface area (Å²) in [6.07, 6.45) is -0.388. The predicted octanol–water partition coefficient (Wildman–Crippen LogP) is 3.14. The lowest BCUT2D eigenvalue weighted by molar-refractivity contribution is -0.148. The minimum absolute atomic E-state index is 0.234. The summed E-state index contributed by atoms with van der Waals surface area (Å²) in [6.45, 7) is 2.12. The first-order valence-corrected chi connectivity index (χ1v) is 6.50. The number of ether oxygens (including phenoxy) is 2. The van der Waals surface area contributed by atoms with E-state index in [0.29, 0.717) is 13.2 Å². The van der Waals surface area contributed by atoms with E-state index in [4.69, 9.17) is 21.1 Å². The molecule has 94 valence electrons. The monoisotopic (exact) mass is 320 g/mol. The molecule has 0 aliphatic rings. The van der Waals surface area contributed by atoms with Crippen LogP contribution in [0.3, 0.4) is 0 Å². The van der Waals surface area contributed by atoms with Crippen molar-refractivity contribution in [2.24, 2.45) is 0 Å². The Labute approximate surface area is 114 Å². The van der Waals surface area contributed by atoms with Crippen LogP contribution in [0, 0.1) is 0 Å². The zero-order valence-electron chi connectivity index (χ0n) is 9.49. The number of halogens is 2. The Kier molecular flexibility index (Phi) is 6.55. The molecule has 1 aromatic carbocycles. The molecule has 1 aromatic rings. The first-order valence-electron chi connectivity index (χ1n) is 5.17. The number of alkyl halides is 1. The van der Waals surface area contributed by atoms with Gasteiger partial charge in [0.1, 0.15) is 6.10 Å². The number of hydrogen-bond acceptors (Lipinski definition) is 3. The average molecular weight is 322 g/mol. The minimum Gasteiger partial charge on any atom is -0.459 e. The second-order valence-electron chi connectivity index (χ2n) is 3.53. The highest BCUT2D eigenvalue weighted by molar-refractivity contribution is 9.10. The van der Waals surface area contributed by atoms with Crippen molar-refractivity contribution in [3.05, 3.63) is 34.3 Å². The molecule has 0 saturated heterocycles. The Bertz CT molecular complexity index is 371. The van der Waals surface area contributed by atoms with Gasteiger partial charge in [-0.2, -0.15) is 0 Å². The molecular weight excluding hydrogens is 307 g/mol. The van der Waals surface area contributed by atoms with E-state index >= 15 is 0 Å². The van der Waals surface area contributed by atoms with Crippen LogP contribution >= 0.6 is 27.5 Å². The fraction of sp³-hybridized carbons (Fsp3) is 0.417. The van der Waals surface area contributed by atoms with E-state index in [0.717, 1.165) is 10.0 Å². The summed E-state index contributed by atoms with van der Waals surface area (Å²) in [6, 6.07) is 7.83. The van der Waals surface area contributed by atoms with E-state index in [2.05, 4.69) is 15.9 Å². The van der Waals surface area contributed by atoms with Gasteiger partial charge in [-0.15, -0.1) is 11.6 Å². The topological polar surface area (TPSA) is 35.5 Å². The molecular formula is C12H14BrClO3. The molecule has 0 N–H and O–H groups in total. The van der Waals surface area contributed by atoms with Crippen molar-refractivity contribution in [2.75, 3.05) is 12.5 Å². The highest BCUT2D eigenvalue weighted by atomic mass is 79.9. The van der Waals surface area contributed by atoms with Crippen molar-refractivity contribution < 1.29 is 14.3 Å². The summed E-state index contributed by atoms with van der Waals surface area (Å²) in [7, 11) is 0. The fourth-order valence-electron chi connectivity index (χ4n) is 1.28. The molecule has 0 aliphatic heterocycles. The van der Waals surface area contributed by atoms with E-state index in [9.17, 15) is 4.79 Å². The van der Waals surface area contributed by atoms with Gasteiger partial charge in [0.05, 0.1) is 19.1 Å². The maximum Gasteiger partial charge on any atom is 0.303 e. The van der Waals surface area contributed by atoms with Crippen LogP contribution in [0.4, 0.5) is 0 Å². The van der Waals surface area contributed by atoms with Gasteiger partial charge in [-0.05, 0) is 17.7 Å². The van der Waals surface area contributed by atoms with Crippen molar-refractivity contribution in [3.8, 4) is 0 Å². The number of hydrogen-bond donors (Lipinski definition) is 0. The summed E-state index contributed by atoms with van der Waals surface area (Å²) >= 11 is 9.04. The van der Waals surface area contributed by atoms with Crippen LogP contribution in [-0.2, 0) is 20.9 Å². The van der Waals surface area contributed by atoms with Crippen LogP contribution < -0.4 is 0 Å². The second-order valence-corrected chi connectivity index (χ2v) is 4.76. The second kappa shape index (κ2) is 7.69. The summed E-state index contributed by atoms with van der Waals surface area (Å²) in [5.41, 5.74) is 1.05. The van der Waals surface area contributed by atoms with Gasteiger partial charge >= 0.3 is 5.97 Å². The lowest BCUT2D eigenvalue weighted by Crippen LogP contribution is -2.23. The lowest BCUT2D eigenvalue weighted by Gasteiger charge is -2.14. The highest BCUT2D eigenvalue weighted by Crippen LogP contribution is 2.12. The number of rotatable bonds is 6. The standard InChI is InChI=1S/C12H14BrClO3/c1-9(15)17-12(6-14)8-16-7-10-3-2-4-11(13)5-10/h2-5,12H,6-8H2,1H3. The Morgan fingerprint density at radius 1 is 1.53 bits per heavy atom. The molecule has 0 amide bonds. The van der Waals surface area contributed by atoms with E-state index in [1.807, 2.05) is 24.3 Å². The molecule has 0 aromatic heterocycles. The number of carbonyl (C=O) groups is 1. The van der Waals surface area contributed by atoms with Gasteiger partial charge in [0.2, 0.25) is 0 Å². The summed E-state index contributed by atoms with van der Waals surface area (Å²) < 4.78 is 11.4. The molecule has 0 saturated carbocycles. The van der Waals surface area contributed by atoms with Crippen LogP contribution in [0.5, 0.6) is 0 Å². The van der Waals surface area contributed by atoms with Gasteiger partial charge in [-0.25, -0.2) is 0 Å². The molecule has 1 unspecified atom stereocenters. The van der Waals surface area contributed by atoms with Gasteiger partial charge in [-0.3, -0.25) is 4.79 Å². The third-order valence-corrected chi connectivity index (χ3v) is 2.80. The van der Waals surface area contributed by atoms with Crippen molar-refractivity contribution >= 4 is 33.5 Å². The van der Waals surface area contributed by atoms with Gasteiger partial charge in [0, 0.05) is 11.4 Å². The van der Waals surface area contributed by atoms with Crippen molar-refractivity contribution in [3.63, 3.8) is 0 Å². The van der Waals surface area contributed by atoms with Crippen LogP contribution in [0.2, 0.25) is 0 Å². The van der Waals surface area contributed by atoms with Crippen molar-refractivity contribution in [1.82, 2.24) is 0 Å². The van der Waals surface area contributed by atoms with E-state index in [1.165, 1.54) is 6.92 Å². The first-order chi connectivity index (χ1) is 8.11. The quantitative estimate of drug-likeness (QED) is 0.596. The number of esters is 1. The fourth-order valence-corrected chi connectivity index (χ4v) is 1.88. The molecule has 5 heteroatoms. The smallest absolute Gasteiger partial charge is 0.303 e. The largest absolute Gasteiger partial charge is 0.459 e. The minimum atomic E-state index is -0.388. The van der Waals surface area contributed by atoms with Gasteiger partial charge in [-0.1, -0.05) is 28.1 Å². The Morgan fingerprint density at radius 2 is 2.29 bits per heavy atom. The molecule has 0 heterocycles. The summed E-state index contributed by atoms with van der Waals surface area (Å²) in [5, 5.41) is 0. The summed E-state index contributed by atoms with van der Waals surface area (Å²) in [4.78, 5) is 10.7. The maximum absolute atomic E-state index is 10.7. The van der Waals surface area contributed by atoms with Crippen molar-refractivity contribution in [2.45, 2.75) is 19.6 Å². The zero-order chi connectivity index (χ0) is 12.7. The molecule has 0 radical (unpaired) electrons. The number of carbonyl (C=O) groups excluding carboxylic acids is 1. The molecule has 1 rings (SSSR count). The molecule has 1 atom stereocenters. The van der Waals surface area contributed by atoms with Gasteiger partial charge < -0.3 is 9.47 Å². The Morgan fingerprint density at radius 3 is 2.88 bits per heavy atom. The Balaban J connectivity index is 2.33. The van der Waals surface area contributed by atoms with Crippen molar-refractivity contribution in [1.29, 1.82) is 0 Å². The van der Waals surface area contributed by atoms with E-state index in [1.54, 1.807) is 0 Å². The predicted molar refractivity (Wildman–Crippen MR) is 70.1 cm³/mol. The Hall–Kier alpha value is -0.580. The maximum atomic E-state index is 10.7. The van der Waals surface area contributed by atoms with Crippen LogP contribution in [-0.4, -0.2) is 24.6 Å². The van der Waals surface area contributed by atoms with E-state index < -0.39 is 0 Å². The average Bonchev–Trinajstić information content (AvgIpc) is 2.27. The van der Waals surface area contributed by atoms with Crippen LogP contribution in [0.1, 0.15) is 12.5 Å². The van der Waals surface area contributed by atoms with Crippen LogP contribution in [0.25, 0.3) is 0 Å². The third kappa shape index (κ3) is 6.05. The van der Waals surface area contributed by atoms with E-state index in [-0.39, 0.29) is 18.0 Å². The molecule has 0 fully saturated rings. The van der Waals surface area contributed by atoms with Crippen LogP contribution in [0.15, 0.2) is 28.7 Å². The molecule has 3 nitrogen and oxygen atoms in total. The lowest BCUT2D eigenvalue weighted by atomic mass is 10.2. The SMILES string of the molecule is CC(=O)OC(CCl)COCc1cccc(Br)c1.